The predicted molar refractivity (Wildman–Crippen MR) is 87.0 cm³/mol. The molecule has 0 atom stereocenters. The second kappa shape index (κ2) is 5.92. The van der Waals surface area contributed by atoms with Crippen molar-refractivity contribution in [1.82, 2.24) is 4.98 Å². The van der Waals surface area contributed by atoms with Gasteiger partial charge in [-0.05, 0) is 42.5 Å². The van der Waals surface area contributed by atoms with Crippen molar-refractivity contribution >= 4 is 34.1 Å². The number of hydrogen-bond acceptors (Lipinski definition) is 2. The Morgan fingerprint density at radius 3 is 2.26 bits per heavy atom. The van der Waals surface area contributed by atoms with Crippen LogP contribution in [0.4, 0.5) is 15.8 Å². The summed E-state index contributed by atoms with van der Waals surface area (Å²) in [6.07, 6.45) is 0. The zero-order chi connectivity index (χ0) is 16.4. The Morgan fingerprint density at radius 1 is 1.00 bits per heavy atom. The van der Waals surface area contributed by atoms with Gasteiger partial charge < -0.3 is 15.6 Å². The summed E-state index contributed by atoms with van der Waals surface area (Å²) >= 11 is 0. The maximum Gasteiger partial charge on any atom is 0.272 e. The van der Waals surface area contributed by atoms with Gasteiger partial charge >= 0.3 is 0 Å². The van der Waals surface area contributed by atoms with Crippen molar-refractivity contribution in [2.75, 3.05) is 10.6 Å². The lowest BCUT2D eigenvalue weighted by atomic mass is 10.2. The second-order valence-electron chi connectivity index (χ2n) is 5.10. The summed E-state index contributed by atoms with van der Waals surface area (Å²) in [7, 11) is 0. The Balaban J connectivity index is 1.77. The number of carbonyl (C=O) groups is 2. The maximum atomic E-state index is 13.7. The molecular weight excluding hydrogens is 297 g/mol. The molecule has 6 heteroatoms. The summed E-state index contributed by atoms with van der Waals surface area (Å²) in [5.74, 6) is -0.910. The fraction of sp³-hybridized carbons (Fsp3) is 0.0588. The number of fused-ring (bicyclic) bond motifs is 1. The topological polar surface area (TPSA) is 74.0 Å². The number of nitrogens with one attached hydrogen (secondary N) is 3. The van der Waals surface area contributed by atoms with Crippen LogP contribution in [0.1, 0.15) is 17.4 Å². The first-order valence-electron chi connectivity index (χ1n) is 6.99. The maximum absolute atomic E-state index is 13.7. The first kappa shape index (κ1) is 14.8. The Hall–Kier alpha value is -3.15. The highest BCUT2D eigenvalue weighted by Crippen LogP contribution is 2.20. The van der Waals surface area contributed by atoms with Crippen molar-refractivity contribution in [1.29, 1.82) is 0 Å². The van der Waals surface area contributed by atoms with Crippen molar-refractivity contribution in [2.24, 2.45) is 0 Å². The van der Waals surface area contributed by atoms with Crippen LogP contribution in [0.2, 0.25) is 0 Å². The van der Waals surface area contributed by atoms with Crippen LogP contribution in [0.3, 0.4) is 0 Å². The lowest BCUT2D eigenvalue weighted by Crippen LogP contribution is -2.12. The van der Waals surface area contributed by atoms with E-state index in [9.17, 15) is 14.0 Å². The Morgan fingerprint density at radius 2 is 1.65 bits per heavy atom. The van der Waals surface area contributed by atoms with E-state index in [1.807, 2.05) is 0 Å². The van der Waals surface area contributed by atoms with E-state index < -0.39 is 0 Å². The van der Waals surface area contributed by atoms with Gasteiger partial charge in [0.15, 0.2) is 0 Å². The smallest absolute Gasteiger partial charge is 0.272 e. The molecule has 2 aromatic carbocycles. The molecule has 2 amide bonds. The number of aromatic amines is 1. The minimum absolute atomic E-state index is 0.165. The van der Waals surface area contributed by atoms with Crippen LogP contribution < -0.4 is 10.6 Å². The largest absolute Gasteiger partial charge is 0.350 e. The van der Waals surface area contributed by atoms with Gasteiger partial charge in [-0.25, -0.2) is 4.39 Å². The SMILES string of the molecule is CC(=O)Nc1ccc(NC(=O)c2cc3c(F)cccc3[nH]2)cc1. The van der Waals surface area contributed by atoms with Crippen molar-refractivity contribution in [3.8, 4) is 0 Å². The van der Waals surface area contributed by atoms with Gasteiger partial charge in [-0.2, -0.15) is 0 Å². The van der Waals surface area contributed by atoms with Crippen LogP contribution >= 0.6 is 0 Å². The van der Waals surface area contributed by atoms with E-state index in [2.05, 4.69) is 15.6 Å². The number of anilines is 2. The van der Waals surface area contributed by atoms with E-state index in [-0.39, 0.29) is 23.3 Å². The molecule has 1 heterocycles. The number of carbonyl (C=O) groups excluding carboxylic acids is 2. The first-order valence-corrected chi connectivity index (χ1v) is 6.99. The predicted octanol–water partition coefficient (Wildman–Crippen LogP) is 3.52. The fourth-order valence-electron chi connectivity index (χ4n) is 2.28. The summed E-state index contributed by atoms with van der Waals surface area (Å²) in [6, 6.07) is 12.8. The number of aromatic nitrogens is 1. The normalized spacial score (nSPS) is 10.5. The molecule has 0 radical (unpaired) electrons. The van der Waals surface area contributed by atoms with Gasteiger partial charge in [0.1, 0.15) is 11.5 Å². The van der Waals surface area contributed by atoms with Crippen LogP contribution in [0.15, 0.2) is 48.5 Å². The van der Waals surface area contributed by atoms with Gasteiger partial charge in [0.25, 0.3) is 5.91 Å². The molecule has 0 aliphatic heterocycles. The quantitative estimate of drug-likeness (QED) is 0.692. The van der Waals surface area contributed by atoms with Crippen LogP contribution in [0, 0.1) is 5.82 Å². The van der Waals surface area contributed by atoms with E-state index in [1.165, 1.54) is 19.1 Å². The summed E-state index contributed by atoms with van der Waals surface area (Å²) in [5, 5.41) is 5.73. The molecule has 0 spiro atoms. The van der Waals surface area contributed by atoms with E-state index in [1.54, 1.807) is 36.4 Å². The van der Waals surface area contributed by atoms with E-state index in [4.69, 9.17) is 0 Å². The Labute approximate surface area is 131 Å². The number of hydrogen-bond donors (Lipinski definition) is 3. The number of benzene rings is 2. The van der Waals surface area contributed by atoms with Gasteiger partial charge in [-0.1, -0.05) is 6.07 Å². The molecule has 3 aromatic rings. The third kappa shape index (κ3) is 3.21. The third-order valence-corrected chi connectivity index (χ3v) is 3.32. The van der Waals surface area contributed by atoms with Crippen molar-refractivity contribution in [2.45, 2.75) is 6.92 Å². The van der Waals surface area contributed by atoms with Crippen molar-refractivity contribution in [3.05, 3.63) is 60.0 Å². The lowest BCUT2D eigenvalue weighted by molar-refractivity contribution is -0.114. The van der Waals surface area contributed by atoms with E-state index >= 15 is 0 Å². The average molecular weight is 311 g/mol. The molecule has 3 N–H and O–H groups in total. The van der Waals surface area contributed by atoms with Crippen LogP contribution in [0.25, 0.3) is 10.9 Å². The number of halogens is 1. The van der Waals surface area contributed by atoms with E-state index in [0.717, 1.165) is 0 Å². The van der Waals surface area contributed by atoms with Gasteiger partial charge in [-0.3, -0.25) is 9.59 Å². The number of H-pyrrole nitrogens is 1. The number of rotatable bonds is 3. The molecule has 5 nitrogen and oxygen atoms in total. The molecule has 23 heavy (non-hydrogen) atoms. The van der Waals surface area contributed by atoms with E-state index in [0.29, 0.717) is 22.3 Å². The molecular formula is C17H14FN3O2. The monoisotopic (exact) mass is 311 g/mol. The molecule has 1 aromatic heterocycles. The molecule has 0 unspecified atom stereocenters. The number of amides is 2. The molecule has 116 valence electrons. The van der Waals surface area contributed by atoms with Gasteiger partial charge in [0.05, 0.1) is 0 Å². The van der Waals surface area contributed by atoms with Crippen LogP contribution in [0.5, 0.6) is 0 Å². The first-order chi connectivity index (χ1) is 11.0. The molecule has 0 bridgehead atoms. The molecule has 0 fully saturated rings. The highest BCUT2D eigenvalue weighted by Gasteiger charge is 2.12. The minimum Gasteiger partial charge on any atom is -0.350 e. The molecule has 0 saturated carbocycles. The Bertz CT molecular complexity index is 884. The Kier molecular flexibility index (Phi) is 3.80. The molecule has 0 saturated heterocycles. The van der Waals surface area contributed by atoms with Crippen LogP contribution in [-0.2, 0) is 4.79 Å². The summed E-state index contributed by atoms with van der Waals surface area (Å²) in [5.41, 5.74) is 2.05. The van der Waals surface area contributed by atoms with Crippen molar-refractivity contribution in [3.63, 3.8) is 0 Å². The highest BCUT2D eigenvalue weighted by molar-refractivity contribution is 6.06. The van der Waals surface area contributed by atoms with Gasteiger partial charge in [0.2, 0.25) is 5.91 Å². The zero-order valence-electron chi connectivity index (χ0n) is 12.3. The second-order valence-corrected chi connectivity index (χ2v) is 5.10. The van der Waals surface area contributed by atoms with Crippen molar-refractivity contribution < 1.29 is 14.0 Å². The standard InChI is InChI=1S/C17H14FN3O2/c1-10(22)19-11-5-7-12(8-6-11)20-17(23)16-9-13-14(18)3-2-4-15(13)21-16/h2-9,21H,1H3,(H,19,22)(H,20,23). The zero-order valence-corrected chi connectivity index (χ0v) is 12.3. The minimum atomic E-state index is -0.377. The molecule has 3 rings (SSSR count). The molecule has 0 aliphatic carbocycles. The summed E-state index contributed by atoms with van der Waals surface area (Å²) in [6.45, 7) is 1.42. The summed E-state index contributed by atoms with van der Waals surface area (Å²) in [4.78, 5) is 26.1. The fourth-order valence-corrected chi connectivity index (χ4v) is 2.28. The lowest BCUT2D eigenvalue weighted by Gasteiger charge is -2.06. The van der Waals surface area contributed by atoms with Crippen LogP contribution in [-0.4, -0.2) is 16.8 Å². The summed E-state index contributed by atoms with van der Waals surface area (Å²) < 4.78 is 13.7. The van der Waals surface area contributed by atoms with Gasteiger partial charge in [-0.15, -0.1) is 0 Å². The highest BCUT2D eigenvalue weighted by atomic mass is 19.1. The average Bonchev–Trinajstić information content (AvgIpc) is 2.94. The third-order valence-electron chi connectivity index (χ3n) is 3.32. The van der Waals surface area contributed by atoms with Gasteiger partial charge in [0, 0.05) is 29.2 Å². The molecule has 0 aliphatic rings.